The molecule has 0 radical (unpaired) electrons. The fourth-order valence-electron chi connectivity index (χ4n) is 1.89. The van der Waals surface area contributed by atoms with E-state index in [1.54, 1.807) is 17.0 Å². The summed E-state index contributed by atoms with van der Waals surface area (Å²) in [4.78, 5) is 18.5. The highest BCUT2D eigenvalue weighted by molar-refractivity contribution is 5.95. The first-order valence-corrected chi connectivity index (χ1v) is 6.92. The van der Waals surface area contributed by atoms with E-state index in [0.29, 0.717) is 30.9 Å². The van der Waals surface area contributed by atoms with Gasteiger partial charge in [0.2, 0.25) is 0 Å². The maximum atomic E-state index is 12.5. The van der Waals surface area contributed by atoms with Crippen LogP contribution in [0.2, 0.25) is 0 Å². The van der Waals surface area contributed by atoms with Crippen molar-refractivity contribution in [3.63, 3.8) is 0 Å². The van der Waals surface area contributed by atoms with Crippen LogP contribution >= 0.6 is 0 Å². The molecule has 6 nitrogen and oxygen atoms in total. The van der Waals surface area contributed by atoms with Gasteiger partial charge in [0.1, 0.15) is 5.82 Å². The Hall–Kier alpha value is -1.66. The van der Waals surface area contributed by atoms with Gasteiger partial charge in [-0.2, -0.15) is 0 Å². The monoisotopic (exact) mass is 280 g/mol. The van der Waals surface area contributed by atoms with Crippen LogP contribution in [0.1, 0.15) is 49.2 Å². The molecule has 6 heteroatoms. The second-order valence-corrected chi connectivity index (χ2v) is 4.93. The molecule has 0 saturated carbocycles. The molecule has 1 aromatic heterocycles. The number of hydrazine groups is 1. The van der Waals surface area contributed by atoms with Gasteiger partial charge in [-0.05, 0) is 31.4 Å². The van der Waals surface area contributed by atoms with E-state index in [9.17, 15) is 4.79 Å². The molecule has 0 atom stereocenters. The molecule has 112 valence electrons. The van der Waals surface area contributed by atoms with Crippen molar-refractivity contribution in [2.75, 3.05) is 25.1 Å². The van der Waals surface area contributed by atoms with Crippen LogP contribution in [-0.4, -0.2) is 40.6 Å². The lowest BCUT2D eigenvalue weighted by molar-refractivity contribution is 0.0754. The van der Waals surface area contributed by atoms with Gasteiger partial charge in [-0.3, -0.25) is 4.79 Å². The van der Waals surface area contributed by atoms with Crippen molar-refractivity contribution in [1.82, 2.24) is 9.88 Å². The molecule has 4 N–H and O–H groups in total. The van der Waals surface area contributed by atoms with Crippen LogP contribution in [0.5, 0.6) is 0 Å². The molecule has 0 aliphatic carbocycles. The number of amides is 1. The molecular formula is C14H24N4O2. The average molecular weight is 280 g/mol. The molecule has 1 heterocycles. The number of nitrogens with one attached hydrogen (secondary N) is 1. The molecule has 0 aliphatic rings. The molecule has 0 aromatic carbocycles. The number of nitrogens with zero attached hydrogens (tertiary/aromatic N) is 2. The van der Waals surface area contributed by atoms with Crippen molar-refractivity contribution in [1.29, 1.82) is 0 Å². The molecule has 1 rings (SSSR count). The number of rotatable bonds is 7. The highest BCUT2D eigenvalue weighted by atomic mass is 16.3. The van der Waals surface area contributed by atoms with E-state index in [1.165, 1.54) is 0 Å². The minimum Gasteiger partial charge on any atom is -0.396 e. The summed E-state index contributed by atoms with van der Waals surface area (Å²) in [6.07, 6.45) is 0.573. The van der Waals surface area contributed by atoms with Crippen LogP contribution in [0.25, 0.3) is 0 Å². The molecule has 0 saturated heterocycles. The largest absolute Gasteiger partial charge is 0.396 e. The summed E-state index contributed by atoms with van der Waals surface area (Å²) in [6, 6.07) is 3.45. The summed E-state index contributed by atoms with van der Waals surface area (Å²) in [7, 11) is 0. The summed E-state index contributed by atoms with van der Waals surface area (Å²) in [5.74, 6) is 6.03. The maximum Gasteiger partial charge on any atom is 0.254 e. The predicted octanol–water partition coefficient (Wildman–Crippen LogP) is 1.34. The van der Waals surface area contributed by atoms with Crippen molar-refractivity contribution in [3.05, 3.63) is 23.4 Å². The first-order valence-electron chi connectivity index (χ1n) is 6.92. The number of anilines is 1. The van der Waals surface area contributed by atoms with Gasteiger partial charge in [0.15, 0.2) is 0 Å². The van der Waals surface area contributed by atoms with E-state index in [0.717, 1.165) is 5.69 Å². The minimum absolute atomic E-state index is 0.0678. The predicted molar refractivity (Wildman–Crippen MR) is 79.4 cm³/mol. The van der Waals surface area contributed by atoms with Gasteiger partial charge in [0, 0.05) is 31.0 Å². The zero-order valence-corrected chi connectivity index (χ0v) is 12.4. The summed E-state index contributed by atoms with van der Waals surface area (Å²) in [5.41, 5.74) is 3.88. The second-order valence-electron chi connectivity index (χ2n) is 4.93. The van der Waals surface area contributed by atoms with Crippen molar-refractivity contribution in [2.45, 2.75) is 33.1 Å². The first kappa shape index (κ1) is 16.4. The van der Waals surface area contributed by atoms with E-state index >= 15 is 0 Å². The number of hydrogen-bond acceptors (Lipinski definition) is 5. The zero-order chi connectivity index (χ0) is 15.1. The summed E-state index contributed by atoms with van der Waals surface area (Å²) in [6.45, 7) is 7.16. The van der Waals surface area contributed by atoms with Crippen molar-refractivity contribution in [3.8, 4) is 0 Å². The molecule has 1 amide bonds. The lowest BCUT2D eigenvalue weighted by Gasteiger charge is -2.21. The van der Waals surface area contributed by atoms with Gasteiger partial charge in [0.05, 0.1) is 0 Å². The minimum atomic E-state index is -0.0678. The first-order chi connectivity index (χ1) is 9.53. The number of aliphatic hydroxyl groups excluding tert-OH is 1. The quantitative estimate of drug-likeness (QED) is 0.518. The number of nitrogens with two attached hydrogens (primary N) is 1. The smallest absolute Gasteiger partial charge is 0.254 e. The number of aliphatic hydroxyl groups is 1. The number of nitrogen functional groups attached to an aromatic ring is 1. The summed E-state index contributed by atoms with van der Waals surface area (Å²) < 4.78 is 0. The molecule has 0 fully saturated rings. The Morgan fingerprint density at radius 3 is 2.70 bits per heavy atom. The van der Waals surface area contributed by atoms with Crippen molar-refractivity contribution < 1.29 is 9.90 Å². The molecule has 0 spiro atoms. The van der Waals surface area contributed by atoms with Crippen molar-refractivity contribution in [2.24, 2.45) is 5.84 Å². The van der Waals surface area contributed by atoms with Crippen LogP contribution in [0, 0.1) is 0 Å². The molecule has 0 bridgehead atoms. The standard InChI is InChI=1S/C14H24N4O2/c1-4-18(6-5-7-19)14(20)11-8-12(10(2)3)16-13(9-11)17-15/h8-10,19H,4-7,15H2,1-3H3,(H,16,17). The Kier molecular flexibility index (Phi) is 6.41. The van der Waals surface area contributed by atoms with Crippen LogP contribution < -0.4 is 11.3 Å². The van der Waals surface area contributed by atoms with Gasteiger partial charge in [-0.1, -0.05) is 13.8 Å². The Labute approximate surface area is 120 Å². The van der Waals surface area contributed by atoms with Gasteiger partial charge in [0.25, 0.3) is 5.91 Å². The number of aromatic nitrogens is 1. The number of carbonyl (C=O) groups is 1. The lowest BCUT2D eigenvalue weighted by Crippen LogP contribution is -2.32. The molecule has 0 unspecified atom stereocenters. The van der Waals surface area contributed by atoms with Gasteiger partial charge >= 0.3 is 0 Å². The maximum absolute atomic E-state index is 12.5. The molecular weight excluding hydrogens is 256 g/mol. The van der Waals surface area contributed by atoms with Gasteiger partial charge in [-0.15, -0.1) is 0 Å². The summed E-state index contributed by atoms with van der Waals surface area (Å²) in [5, 5.41) is 8.89. The molecule has 1 aromatic rings. The Morgan fingerprint density at radius 1 is 1.50 bits per heavy atom. The lowest BCUT2D eigenvalue weighted by atomic mass is 10.1. The molecule has 0 aliphatic heterocycles. The SMILES string of the molecule is CCN(CCCO)C(=O)c1cc(NN)nc(C(C)C)c1. The van der Waals surface area contributed by atoms with Crippen LogP contribution in [0.3, 0.4) is 0 Å². The average Bonchev–Trinajstić information content (AvgIpc) is 2.47. The van der Waals surface area contributed by atoms with E-state index in [4.69, 9.17) is 10.9 Å². The fourth-order valence-corrected chi connectivity index (χ4v) is 1.89. The number of hydrogen-bond donors (Lipinski definition) is 3. The highest BCUT2D eigenvalue weighted by Crippen LogP contribution is 2.18. The Morgan fingerprint density at radius 2 is 2.20 bits per heavy atom. The van der Waals surface area contributed by atoms with Crippen molar-refractivity contribution >= 4 is 11.7 Å². The Balaban J connectivity index is 3.03. The van der Waals surface area contributed by atoms with Crippen LogP contribution in [0.15, 0.2) is 12.1 Å². The number of carbonyl (C=O) groups excluding carboxylic acids is 1. The fraction of sp³-hybridized carbons (Fsp3) is 0.571. The Bertz CT molecular complexity index is 449. The third kappa shape index (κ3) is 4.18. The van der Waals surface area contributed by atoms with Gasteiger partial charge in [-0.25, -0.2) is 10.8 Å². The van der Waals surface area contributed by atoms with Crippen LogP contribution in [0.4, 0.5) is 5.82 Å². The zero-order valence-electron chi connectivity index (χ0n) is 12.4. The third-order valence-corrected chi connectivity index (χ3v) is 3.09. The number of pyridine rings is 1. The molecule has 20 heavy (non-hydrogen) atoms. The van der Waals surface area contributed by atoms with E-state index in [2.05, 4.69) is 10.4 Å². The van der Waals surface area contributed by atoms with Crippen LogP contribution in [-0.2, 0) is 0 Å². The van der Waals surface area contributed by atoms with E-state index in [1.807, 2.05) is 20.8 Å². The van der Waals surface area contributed by atoms with E-state index in [-0.39, 0.29) is 18.4 Å². The topological polar surface area (TPSA) is 91.5 Å². The van der Waals surface area contributed by atoms with E-state index < -0.39 is 0 Å². The highest BCUT2D eigenvalue weighted by Gasteiger charge is 2.16. The van der Waals surface area contributed by atoms with Gasteiger partial charge < -0.3 is 15.4 Å². The normalized spacial score (nSPS) is 10.7. The third-order valence-electron chi connectivity index (χ3n) is 3.09. The summed E-state index contributed by atoms with van der Waals surface area (Å²) >= 11 is 0. The second kappa shape index (κ2) is 7.81.